The molecule has 1 rings (SSSR count). The van der Waals surface area contributed by atoms with Crippen molar-refractivity contribution in [2.45, 2.75) is 18.9 Å². The summed E-state index contributed by atoms with van der Waals surface area (Å²) < 4.78 is 27.5. The molecule has 0 aliphatic carbocycles. The number of carbonyl (C=O) groups excluding carboxylic acids is 3. The van der Waals surface area contributed by atoms with Gasteiger partial charge < -0.3 is 27.8 Å². The molecule has 0 spiro atoms. The van der Waals surface area contributed by atoms with Crippen LogP contribution in [-0.2, 0) is 4.79 Å². The molecule has 0 aliphatic rings. The first-order chi connectivity index (χ1) is 10.7. The highest BCUT2D eigenvalue weighted by atomic mass is 19.1. The minimum Gasteiger partial charge on any atom is -0.366 e. The van der Waals surface area contributed by atoms with Crippen LogP contribution >= 0.6 is 0 Å². The van der Waals surface area contributed by atoms with Crippen molar-refractivity contribution in [1.82, 2.24) is 5.32 Å². The van der Waals surface area contributed by atoms with Crippen LogP contribution in [0.1, 0.15) is 23.2 Å². The van der Waals surface area contributed by atoms with Crippen molar-refractivity contribution >= 4 is 23.5 Å². The summed E-state index contributed by atoms with van der Waals surface area (Å²) in [6.45, 7) is 0.215. The van der Waals surface area contributed by atoms with Gasteiger partial charge in [-0.25, -0.2) is 13.6 Å². The SMILES string of the molecule is NC(=O)NCCCC(N)C(=O)Nc1c(F)cc(C(N)=O)cc1F. The zero-order chi connectivity index (χ0) is 17.6. The number of hydrogen-bond acceptors (Lipinski definition) is 4. The summed E-state index contributed by atoms with van der Waals surface area (Å²) in [5, 5.41) is 4.33. The lowest BCUT2D eigenvalue weighted by atomic mass is 10.1. The summed E-state index contributed by atoms with van der Waals surface area (Å²) in [6, 6.07) is -0.326. The molecule has 10 heteroatoms. The molecule has 126 valence electrons. The zero-order valence-electron chi connectivity index (χ0n) is 12.1. The molecule has 0 saturated carbocycles. The summed E-state index contributed by atoms with van der Waals surface area (Å²) >= 11 is 0. The Balaban J connectivity index is 2.66. The molecule has 1 aromatic carbocycles. The molecule has 8 N–H and O–H groups in total. The first-order valence-electron chi connectivity index (χ1n) is 6.61. The topological polar surface area (TPSA) is 153 Å². The van der Waals surface area contributed by atoms with Crippen LogP contribution in [0.15, 0.2) is 12.1 Å². The van der Waals surface area contributed by atoms with Gasteiger partial charge in [0.2, 0.25) is 11.8 Å². The van der Waals surface area contributed by atoms with Gasteiger partial charge in [0.1, 0.15) is 5.69 Å². The Bertz CT molecular complexity index is 601. The van der Waals surface area contributed by atoms with Crippen LogP contribution in [0, 0.1) is 11.6 Å². The minimum absolute atomic E-state index is 0.161. The first-order valence-corrected chi connectivity index (χ1v) is 6.61. The smallest absolute Gasteiger partial charge is 0.312 e. The third-order valence-electron chi connectivity index (χ3n) is 2.90. The van der Waals surface area contributed by atoms with Crippen LogP contribution in [0.5, 0.6) is 0 Å². The molecule has 0 heterocycles. The van der Waals surface area contributed by atoms with E-state index in [1.165, 1.54) is 0 Å². The highest BCUT2D eigenvalue weighted by Crippen LogP contribution is 2.21. The Labute approximate surface area is 130 Å². The van der Waals surface area contributed by atoms with E-state index in [2.05, 4.69) is 5.32 Å². The number of nitrogens with one attached hydrogen (secondary N) is 2. The molecule has 0 aromatic heterocycles. The summed E-state index contributed by atoms with van der Waals surface area (Å²) in [4.78, 5) is 33.1. The number of nitrogens with two attached hydrogens (primary N) is 3. The molecule has 8 nitrogen and oxygen atoms in total. The lowest BCUT2D eigenvalue weighted by Crippen LogP contribution is -2.37. The van der Waals surface area contributed by atoms with Crippen molar-refractivity contribution in [1.29, 1.82) is 0 Å². The molecule has 23 heavy (non-hydrogen) atoms. The van der Waals surface area contributed by atoms with E-state index in [0.29, 0.717) is 18.6 Å². The zero-order valence-corrected chi connectivity index (χ0v) is 12.1. The number of rotatable bonds is 7. The van der Waals surface area contributed by atoms with E-state index in [1.54, 1.807) is 0 Å². The molecular weight excluding hydrogens is 312 g/mol. The average molecular weight is 329 g/mol. The second-order valence-electron chi connectivity index (χ2n) is 4.71. The van der Waals surface area contributed by atoms with Crippen molar-refractivity contribution in [3.05, 3.63) is 29.3 Å². The maximum Gasteiger partial charge on any atom is 0.312 e. The van der Waals surface area contributed by atoms with Gasteiger partial charge in [-0.3, -0.25) is 9.59 Å². The van der Waals surface area contributed by atoms with Crippen molar-refractivity contribution < 1.29 is 23.2 Å². The number of benzene rings is 1. The van der Waals surface area contributed by atoms with Gasteiger partial charge in [0.15, 0.2) is 11.6 Å². The van der Waals surface area contributed by atoms with Crippen LogP contribution in [0.3, 0.4) is 0 Å². The van der Waals surface area contributed by atoms with Crippen LogP contribution in [0.4, 0.5) is 19.3 Å². The third kappa shape index (κ3) is 5.51. The van der Waals surface area contributed by atoms with E-state index in [1.807, 2.05) is 5.32 Å². The number of carbonyl (C=O) groups is 3. The highest BCUT2D eigenvalue weighted by Gasteiger charge is 2.19. The largest absolute Gasteiger partial charge is 0.366 e. The van der Waals surface area contributed by atoms with Gasteiger partial charge in [-0.05, 0) is 25.0 Å². The Morgan fingerprint density at radius 3 is 2.17 bits per heavy atom. The van der Waals surface area contributed by atoms with Gasteiger partial charge in [0.05, 0.1) is 6.04 Å². The minimum atomic E-state index is -1.14. The highest BCUT2D eigenvalue weighted by molar-refractivity contribution is 5.96. The second-order valence-corrected chi connectivity index (χ2v) is 4.71. The van der Waals surface area contributed by atoms with E-state index >= 15 is 0 Å². The van der Waals surface area contributed by atoms with Crippen molar-refractivity contribution in [2.24, 2.45) is 17.2 Å². The van der Waals surface area contributed by atoms with E-state index in [-0.39, 0.29) is 18.5 Å². The quantitative estimate of drug-likeness (QED) is 0.439. The van der Waals surface area contributed by atoms with Gasteiger partial charge >= 0.3 is 6.03 Å². The van der Waals surface area contributed by atoms with Gasteiger partial charge in [-0.1, -0.05) is 0 Å². The van der Waals surface area contributed by atoms with Crippen molar-refractivity contribution in [3.63, 3.8) is 0 Å². The number of amides is 4. The summed E-state index contributed by atoms with van der Waals surface area (Å²) in [5.41, 5.74) is 14.3. The van der Waals surface area contributed by atoms with Crippen LogP contribution < -0.4 is 27.8 Å². The predicted molar refractivity (Wildman–Crippen MR) is 78.3 cm³/mol. The van der Waals surface area contributed by atoms with Crippen LogP contribution in [-0.4, -0.2) is 30.4 Å². The van der Waals surface area contributed by atoms with E-state index in [9.17, 15) is 23.2 Å². The lowest BCUT2D eigenvalue weighted by molar-refractivity contribution is -0.117. The summed E-state index contributed by atoms with van der Waals surface area (Å²) in [7, 11) is 0. The number of primary amides is 2. The van der Waals surface area contributed by atoms with Crippen LogP contribution in [0.25, 0.3) is 0 Å². The van der Waals surface area contributed by atoms with Crippen LogP contribution in [0.2, 0.25) is 0 Å². The number of anilines is 1. The summed E-state index contributed by atoms with van der Waals surface area (Å²) in [6.07, 6.45) is 0.512. The lowest BCUT2D eigenvalue weighted by Gasteiger charge is -2.13. The Kier molecular flexibility index (Phi) is 6.39. The normalized spacial score (nSPS) is 11.6. The van der Waals surface area contributed by atoms with Crippen molar-refractivity contribution in [2.75, 3.05) is 11.9 Å². The third-order valence-corrected chi connectivity index (χ3v) is 2.90. The molecule has 1 unspecified atom stereocenters. The molecule has 1 aromatic rings. The Hall–Kier alpha value is -2.75. The first kappa shape index (κ1) is 18.3. The van der Waals surface area contributed by atoms with Gasteiger partial charge in [0.25, 0.3) is 0 Å². The maximum atomic E-state index is 13.7. The monoisotopic (exact) mass is 329 g/mol. The number of urea groups is 1. The second kappa shape index (κ2) is 8.03. The molecule has 0 bridgehead atoms. The van der Waals surface area contributed by atoms with Gasteiger partial charge in [-0.2, -0.15) is 0 Å². The standard InChI is InChI=1S/C13H17F2N5O3/c14-7-4-6(11(17)21)5-8(15)10(7)20-12(22)9(16)2-1-3-19-13(18)23/h4-5,9H,1-3,16H2,(H2,17,21)(H,20,22)(H3,18,19,23). The molecule has 1 atom stereocenters. The van der Waals surface area contributed by atoms with Gasteiger partial charge in [-0.15, -0.1) is 0 Å². The molecule has 0 aliphatic heterocycles. The molecule has 0 radical (unpaired) electrons. The van der Waals surface area contributed by atoms with E-state index in [4.69, 9.17) is 17.2 Å². The molecule has 0 fully saturated rings. The fraction of sp³-hybridized carbons (Fsp3) is 0.308. The fourth-order valence-electron chi connectivity index (χ4n) is 1.72. The molecule has 0 saturated heterocycles. The Morgan fingerprint density at radius 1 is 1.13 bits per heavy atom. The molecular formula is C13H17F2N5O3. The maximum absolute atomic E-state index is 13.7. The molecule has 4 amide bonds. The van der Waals surface area contributed by atoms with Crippen molar-refractivity contribution in [3.8, 4) is 0 Å². The summed E-state index contributed by atoms with van der Waals surface area (Å²) in [5.74, 6) is -4.10. The van der Waals surface area contributed by atoms with E-state index in [0.717, 1.165) is 0 Å². The predicted octanol–water partition coefficient (Wildman–Crippen LogP) is -0.222. The number of halogens is 2. The Morgan fingerprint density at radius 2 is 1.70 bits per heavy atom. The van der Waals surface area contributed by atoms with Gasteiger partial charge in [0, 0.05) is 12.1 Å². The average Bonchev–Trinajstić information content (AvgIpc) is 2.46. The number of hydrogen-bond donors (Lipinski definition) is 5. The van der Waals surface area contributed by atoms with E-state index < -0.39 is 41.2 Å². The fourth-order valence-corrected chi connectivity index (χ4v) is 1.72.